The molecule has 0 amide bonds. The Hall–Kier alpha value is -1.80. The van der Waals surface area contributed by atoms with Crippen molar-refractivity contribution in [2.75, 3.05) is 19.5 Å². The van der Waals surface area contributed by atoms with Crippen LogP contribution in [0.15, 0.2) is 38.5 Å². The molecular weight excluding hydrogens is 282 g/mol. The van der Waals surface area contributed by atoms with Crippen LogP contribution in [0.3, 0.4) is 0 Å². The van der Waals surface area contributed by atoms with Crippen LogP contribution >= 0.6 is 11.8 Å². The fourth-order valence-electron chi connectivity index (χ4n) is 1.40. The highest BCUT2D eigenvalue weighted by Crippen LogP contribution is 2.13. The minimum Gasteiger partial charge on any atom is -0.861 e. The van der Waals surface area contributed by atoms with E-state index < -0.39 is 0 Å². The van der Waals surface area contributed by atoms with Gasteiger partial charge in [-0.15, -0.1) is 11.8 Å². The molecule has 0 atom stereocenters. The van der Waals surface area contributed by atoms with E-state index in [0.717, 1.165) is 5.76 Å². The number of aromatic nitrogens is 2. The number of methoxy groups -OCH3 is 1. The van der Waals surface area contributed by atoms with Crippen molar-refractivity contribution in [2.45, 2.75) is 12.3 Å². The number of thioether (sulfide) groups is 1. The third kappa shape index (κ3) is 4.71. The molecular formula is C12H15N3O4S. The van der Waals surface area contributed by atoms with Crippen LogP contribution in [-0.4, -0.2) is 30.6 Å². The fourth-order valence-corrected chi connectivity index (χ4v) is 2.10. The van der Waals surface area contributed by atoms with Crippen molar-refractivity contribution < 1.29 is 23.5 Å². The molecule has 7 nitrogen and oxygen atoms in total. The van der Waals surface area contributed by atoms with Gasteiger partial charge in [0.1, 0.15) is 12.4 Å². The van der Waals surface area contributed by atoms with Crippen LogP contribution in [-0.2, 0) is 17.0 Å². The van der Waals surface area contributed by atoms with Gasteiger partial charge in [-0.05, 0) is 22.7 Å². The lowest BCUT2D eigenvalue weighted by molar-refractivity contribution is -0.763. The Bertz CT molecular complexity index is 539. The second-order valence-electron chi connectivity index (χ2n) is 3.87. The predicted octanol–water partition coefficient (Wildman–Crippen LogP) is 0.525. The molecule has 0 saturated carbocycles. The van der Waals surface area contributed by atoms with Crippen LogP contribution in [0.1, 0.15) is 5.76 Å². The van der Waals surface area contributed by atoms with Crippen molar-refractivity contribution in [3.8, 4) is 0 Å². The molecule has 2 heterocycles. The van der Waals surface area contributed by atoms with Gasteiger partial charge in [-0.2, -0.15) is 0 Å². The Labute approximate surface area is 120 Å². The summed E-state index contributed by atoms with van der Waals surface area (Å²) < 4.78 is 16.5. The maximum absolute atomic E-state index is 11.6. The normalized spacial score (nSPS) is 11.9. The number of ether oxygens (including phenoxy) is 1. The molecule has 0 aliphatic heterocycles. The summed E-state index contributed by atoms with van der Waals surface area (Å²) in [7, 11) is 1.60. The summed E-state index contributed by atoms with van der Waals surface area (Å²) in [5, 5.41) is 15.3. The molecule has 2 rings (SSSR count). The zero-order chi connectivity index (χ0) is 14.2. The summed E-state index contributed by atoms with van der Waals surface area (Å²) in [6.45, 7) is 1.07. The van der Waals surface area contributed by atoms with E-state index in [9.17, 15) is 5.11 Å². The van der Waals surface area contributed by atoms with E-state index in [-0.39, 0.29) is 17.5 Å². The van der Waals surface area contributed by atoms with E-state index >= 15 is 0 Å². The van der Waals surface area contributed by atoms with Crippen LogP contribution in [0.2, 0.25) is 0 Å². The summed E-state index contributed by atoms with van der Waals surface area (Å²) in [6.07, 6.45) is 3.17. The molecule has 8 heteroatoms. The molecule has 20 heavy (non-hydrogen) atoms. The van der Waals surface area contributed by atoms with Gasteiger partial charge in [0.05, 0.1) is 12.0 Å². The highest BCUT2D eigenvalue weighted by atomic mass is 32.2. The van der Waals surface area contributed by atoms with Crippen LogP contribution in [0.5, 0.6) is 0 Å². The lowest BCUT2D eigenvalue weighted by Gasteiger charge is -2.06. The van der Waals surface area contributed by atoms with Crippen LogP contribution in [0.4, 0.5) is 5.88 Å². The minimum absolute atomic E-state index is 0.199. The van der Waals surface area contributed by atoms with E-state index in [4.69, 9.17) is 13.7 Å². The van der Waals surface area contributed by atoms with Crippen molar-refractivity contribution in [1.82, 2.24) is 5.27 Å². The van der Waals surface area contributed by atoms with Crippen molar-refractivity contribution in [1.29, 1.82) is 0 Å². The minimum atomic E-state index is -0.267. The summed E-state index contributed by atoms with van der Waals surface area (Å²) in [4.78, 5) is 3.83. The highest BCUT2D eigenvalue weighted by Gasteiger charge is 2.09. The zero-order valence-corrected chi connectivity index (χ0v) is 11.8. The number of hydrogen-bond acceptors (Lipinski definition) is 7. The summed E-state index contributed by atoms with van der Waals surface area (Å²) >= 11 is 1.43. The lowest BCUT2D eigenvalue weighted by Crippen LogP contribution is -2.36. The summed E-state index contributed by atoms with van der Waals surface area (Å²) in [6, 6.07) is 3.68. The molecule has 2 aromatic rings. The molecule has 0 aliphatic rings. The summed E-state index contributed by atoms with van der Waals surface area (Å²) in [5.41, 5.74) is 0. The van der Waals surface area contributed by atoms with Crippen molar-refractivity contribution in [3.63, 3.8) is 0 Å². The van der Waals surface area contributed by atoms with E-state index in [1.807, 2.05) is 12.1 Å². The van der Waals surface area contributed by atoms with Gasteiger partial charge in [0.15, 0.2) is 0 Å². The molecule has 0 bridgehead atoms. The maximum Gasteiger partial charge on any atom is 0.320 e. The van der Waals surface area contributed by atoms with Gasteiger partial charge in [0.2, 0.25) is 11.8 Å². The molecule has 0 N–H and O–H groups in total. The van der Waals surface area contributed by atoms with Gasteiger partial charge in [-0.1, -0.05) is 0 Å². The molecule has 2 aromatic heterocycles. The first-order valence-electron chi connectivity index (χ1n) is 5.98. The van der Waals surface area contributed by atoms with Crippen LogP contribution < -0.4 is 9.79 Å². The van der Waals surface area contributed by atoms with Gasteiger partial charge in [-0.25, -0.2) is 4.99 Å². The van der Waals surface area contributed by atoms with Crippen molar-refractivity contribution in [3.05, 3.63) is 30.4 Å². The third-order valence-corrected chi connectivity index (χ3v) is 3.25. The molecule has 0 unspecified atom stereocenters. The van der Waals surface area contributed by atoms with Gasteiger partial charge >= 0.3 is 5.88 Å². The molecule has 0 radical (unpaired) electrons. The number of rotatable bonds is 8. The topological polar surface area (TPSA) is 87.7 Å². The first-order valence-corrected chi connectivity index (χ1v) is 7.13. The highest BCUT2D eigenvalue weighted by molar-refractivity contribution is 7.99. The molecule has 0 aliphatic carbocycles. The predicted molar refractivity (Wildman–Crippen MR) is 70.5 cm³/mol. The molecule has 0 aromatic carbocycles. The van der Waals surface area contributed by atoms with Crippen molar-refractivity contribution >= 4 is 23.5 Å². The first-order chi connectivity index (χ1) is 9.78. The number of aliphatic imine (C=N–C) groups is 1. The van der Waals surface area contributed by atoms with Crippen LogP contribution in [0.25, 0.3) is 0 Å². The Morgan fingerprint density at radius 3 is 3.25 bits per heavy atom. The average Bonchev–Trinajstić information content (AvgIpc) is 3.08. The molecule has 108 valence electrons. The zero-order valence-electron chi connectivity index (χ0n) is 11.0. The standard InChI is InChI=1S/C12H15N3O4S/c1-17-6-4-15-7-12(19-14-15)13-11(16)9-20-8-10-3-2-5-18-10/h2-3,5,7H,4,6,8-9H2,1H3. The first kappa shape index (κ1) is 14.6. The van der Waals surface area contributed by atoms with Gasteiger partial charge in [-0.3, -0.25) is 4.52 Å². The van der Waals surface area contributed by atoms with Crippen LogP contribution in [0, 0.1) is 0 Å². The largest absolute Gasteiger partial charge is 0.861 e. The number of nitrogens with zero attached hydrogens (tertiary/aromatic N) is 3. The Balaban J connectivity index is 1.78. The number of hydrogen-bond donors (Lipinski definition) is 0. The van der Waals surface area contributed by atoms with E-state index in [1.54, 1.807) is 19.6 Å². The van der Waals surface area contributed by atoms with Gasteiger partial charge in [0, 0.05) is 12.9 Å². The monoisotopic (exact) mass is 297 g/mol. The van der Waals surface area contributed by atoms with Gasteiger partial charge in [0.25, 0.3) is 6.20 Å². The third-order valence-electron chi connectivity index (χ3n) is 2.31. The molecule has 0 saturated heterocycles. The van der Waals surface area contributed by atoms with E-state index in [2.05, 4.69) is 10.3 Å². The second-order valence-corrected chi connectivity index (χ2v) is 4.86. The second kappa shape index (κ2) is 7.71. The van der Waals surface area contributed by atoms with E-state index in [0.29, 0.717) is 18.9 Å². The summed E-state index contributed by atoms with van der Waals surface area (Å²) in [5.74, 6) is 1.67. The van der Waals surface area contributed by atoms with E-state index in [1.165, 1.54) is 16.4 Å². The SMILES string of the molecule is COCC[n+]1cc(/N=C(/[O-])CSCc2ccco2)on1. The quantitative estimate of drug-likeness (QED) is 0.401. The van der Waals surface area contributed by atoms with Gasteiger partial charge < -0.3 is 14.3 Å². The smallest absolute Gasteiger partial charge is 0.320 e. The molecule has 0 fully saturated rings. The Morgan fingerprint density at radius 1 is 1.60 bits per heavy atom. The fraction of sp³-hybridized carbons (Fsp3) is 0.417. The molecule has 0 spiro atoms. The lowest BCUT2D eigenvalue weighted by atomic mass is 10.5. The van der Waals surface area contributed by atoms with Crippen molar-refractivity contribution in [2.24, 2.45) is 4.99 Å². The Morgan fingerprint density at radius 2 is 2.50 bits per heavy atom. The Kier molecular flexibility index (Phi) is 5.63. The maximum atomic E-state index is 11.6. The number of furan rings is 1. The average molecular weight is 297 g/mol.